The average Bonchev–Trinajstić information content (AvgIpc) is 3.24. The molecule has 0 atom stereocenters. The SMILES string of the molecule is COc1cc(OC)cc(OCC2(CC(N)=NO)CC2)c1. The Balaban J connectivity index is 2.00. The number of oxime groups is 1. The summed E-state index contributed by atoms with van der Waals surface area (Å²) < 4.78 is 16.2. The second kappa shape index (κ2) is 5.90. The molecule has 0 heterocycles. The maximum absolute atomic E-state index is 8.64. The monoisotopic (exact) mass is 280 g/mol. The summed E-state index contributed by atoms with van der Waals surface area (Å²) in [6.07, 6.45) is 2.58. The molecule has 6 nitrogen and oxygen atoms in total. The van der Waals surface area contributed by atoms with Gasteiger partial charge in [-0.3, -0.25) is 0 Å². The summed E-state index contributed by atoms with van der Waals surface area (Å²) in [4.78, 5) is 0. The minimum absolute atomic E-state index is 0.00732. The Kier molecular flexibility index (Phi) is 4.22. The molecular weight excluding hydrogens is 260 g/mol. The van der Waals surface area contributed by atoms with Crippen LogP contribution in [0.15, 0.2) is 23.4 Å². The van der Waals surface area contributed by atoms with E-state index in [1.807, 2.05) is 12.1 Å². The molecule has 0 spiro atoms. The van der Waals surface area contributed by atoms with Crippen LogP contribution in [0.2, 0.25) is 0 Å². The predicted octanol–water partition coefficient (Wildman–Crippen LogP) is 2.00. The maximum atomic E-state index is 8.64. The Bertz CT molecular complexity index is 476. The first-order valence-electron chi connectivity index (χ1n) is 6.43. The average molecular weight is 280 g/mol. The lowest BCUT2D eigenvalue weighted by molar-refractivity contribution is 0.234. The van der Waals surface area contributed by atoms with Crippen molar-refractivity contribution in [2.24, 2.45) is 16.3 Å². The number of amidine groups is 1. The molecular formula is C14H20N2O4. The first-order valence-corrected chi connectivity index (χ1v) is 6.43. The van der Waals surface area contributed by atoms with Gasteiger partial charge in [0.15, 0.2) is 0 Å². The molecule has 3 N–H and O–H groups in total. The highest BCUT2D eigenvalue weighted by molar-refractivity contribution is 5.80. The van der Waals surface area contributed by atoms with Crippen molar-refractivity contribution in [3.8, 4) is 17.2 Å². The number of benzene rings is 1. The molecule has 1 aliphatic carbocycles. The number of hydrogen-bond donors (Lipinski definition) is 2. The van der Waals surface area contributed by atoms with E-state index in [0.29, 0.717) is 30.3 Å². The van der Waals surface area contributed by atoms with Crippen molar-refractivity contribution in [1.82, 2.24) is 0 Å². The van der Waals surface area contributed by atoms with Crippen LogP contribution in [0, 0.1) is 5.41 Å². The number of rotatable bonds is 7. The summed E-state index contributed by atoms with van der Waals surface area (Å²) in [5, 5.41) is 11.7. The number of nitrogens with two attached hydrogens (primary N) is 1. The fourth-order valence-electron chi connectivity index (χ4n) is 2.07. The summed E-state index contributed by atoms with van der Waals surface area (Å²) in [5.74, 6) is 2.29. The van der Waals surface area contributed by atoms with Crippen molar-refractivity contribution in [2.45, 2.75) is 19.3 Å². The van der Waals surface area contributed by atoms with Crippen LogP contribution in [-0.2, 0) is 0 Å². The van der Waals surface area contributed by atoms with E-state index < -0.39 is 0 Å². The van der Waals surface area contributed by atoms with Gasteiger partial charge in [0.25, 0.3) is 0 Å². The van der Waals surface area contributed by atoms with Gasteiger partial charge >= 0.3 is 0 Å². The van der Waals surface area contributed by atoms with Gasteiger partial charge < -0.3 is 25.2 Å². The molecule has 0 radical (unpaired) electrons. The highest BCUT2D eigenvalue weighted by atomic mass is 16.5. The zero-order valence-electron chi connectivity index (χ0n) is 11.8. The molecule has 1 saturated carbocycles. The van der Waals surface area contributed by atoms with E-state index in [4.69, 9.17) is 25.2 Å². The number of nitrogens with zero attached hydrogens (tertiary/aromatic N) is 1. The van der Waals surface area contributed by atoms with Crippen LogP contribution < -0.4 is 19.9 Å². The molecule has 1 fully saturated rings. The lowest BCUT2D eigenvalue weighted by atomic mass is 10.0. The van der Waals surface area contributed by atoms with Gasteiger partial charge in [-0.2, -0.15) is 0 Å². The van der Waals surface area contributed by atoms with Crippen molar-refractivity contribution < 1.29 is 19.4 Å². The normalized spacial score (nSPS) is 16.6. The predicted molar refractivity (Wildman–Crippen MR) is 74.7 cm³/mol. The highest BCUT2D eigenvalue weighted by Crippen LogP contribution is 2.49. The van der Waals surface area contributed by atoms with Crippen molar-refractivity contribution in [3.05, 3.63) is 18.2 Å². The highest BCUT2D eigenvalue weighted by Gasteiger charge is 2.44. The quantitative estimate of drug-likeness (QED) is 0.345. The van der Waals surface area contributed by atoms with E-state index in [9.17, 15) is 0 Å². The number of methoxy groups -OCH3 is 2. The first-order chi connectivity index (χ1) is 9.60. The lowest BCUT2D eigenvalue weighted by Gasteiger charge is -2.16. The van der Waals surface area contributed by atoms with Crippen LogP contribution in [0.25, 0.3) is 0 Å². The zero-order valence-corrected chi connectivity index (χ0v) is 11.8. The summed E-state index contributed by atoms with van der Waals surface area (Å²) in [6, 6.07) is 5.40. The fraction of sp³-hybridized carbons (Fsp3) is 0.500. The Morgan fingerprint density at radius 2 is 1.75 bits per heavy atom. The van der Waals surface area contributed by atoms with E-state index in [0.717, 1.165) is 12.8 Å². The largest absolute Gasteiger partial charge is 0.496 e. The first kappa shape index (κ1) is 14.3. The smallest absolute Gasteiger partial charge is 0.139 e. The second-order valence-corrected chi connectivity index (χ2v) is 5.11. The van der Waals surface area contributed by atoms with Crippen molar-refractivity contribution in [3.63, 3.8) is 0 Å². The molecule has 20 heavy (non-hydrogen) atoms. The van der Waals surface area contributed by atoms with Gasteiger partial charge in [-0.25, -0.2) is 0 Å². The molecule has 0 aliphatic heterocycles. The summed E-state index contributed by atoms with van der Waals surface area (Å²) in [7, 11) is 3.19. The topological polar surface area (TPSA) is 86.3 Å². The Morgan fingerprint density at radius 1 is 1.20 bits per heavy atom. The van der Waals surface area contributed by atoms with Crippen molar-refractivity contribution in [2.75, 3.05) is 20.8 Å². The van der Waals surface area contributed by atoms with Gasteiger partial charge in [0.2, 0.25) is 0 Å². The molecule has 0 amide bonds. The zero-order chi connectivity index (χ0) is 14.6. The molecule has 1 aliphatic rings. The molecule has 0 aromatic heterocycles. The molecule has 1 aromatic rings. The van der Waals surface area contributed by atoms with Crippen molar-refractivity contribution >= 4 is 5.84 Å². The van der Waals surface area contributed by atoms with E-state index in [1.165, 1.54) is 0 Å². The van der Waals surface area contributed by atoms with Crippen LogP contribution in [0.3, 0.4) is 0 Å². The molecule has 0 saturated heterocycles. The fourth-order valence-corrected chi connectivity index (χ4v) is 2.07. The molecule has 110 valence electrons. The third-order valence-corrected chi connectivity index (χ3v) is 3.51. The molecule has 6 heteroatoms. The second-order valence-electron chi connectivity index (χ2n) is 5.11. The third kappa shape index (κ3) is 3.46. The Labute approximate surface area is 118 Å². The summed E-state index contributed by atoms with van der Waals surface area (Å²) in [5.41, 5.74) is 5.56. The molecule has 2 rings (SSSR count). The van der Waals surface area contributed by atoms with Crippen LogP contribution >= 0.6 is 0 Å². The minimum atomic E-state index is -0.00732. The van der Waals surface area contributed by atoms with Gasteiger partial charge in [0, 0.05) is 30.0 Å². The maximum Gasteiger partial charge on any atom is 0.139 e. The van der Waals surface area contributed by atoms with Crippen LogP contribution in [0.5, 0.6) is 17.2 Å². The summed E-state index contributed by atoms with van der Waals surface area (Å²) in [6.45, 7) is 0.527. The van der Waals surface area contributed by atoms with E-state index in [-0.39, 0.29) is 11.3 Å². The number of ether oxygens (including phenoxy) is 3. The van der Waals surface area contributed by atoms with Gasteiger partial charge in [0.05, 0.1) is 20.8 Å². The van der Waals surface area contributed by atoms with E-state index >= 15 is 0 Å². The van der Waals surface area contributed by atoms with E-state index in [2.05, 4.69) is 5.16 Å². The van der Waals surface area contributed by atoms with Gasteiger partial charge in [-0.1, -0.05) is 5.16 Å². The number of hydrogen-bond acceptors (Lipinski definition) is 5. The molecule has 1 aromatic carbocycles. The Hall–Kier alpha value is -2.11. The van der Waals surface area contributed by atoms with Crippen LogP contribution in [0.4, 0.5) is 0 Å². The van der Waals surface area contributed by atoms with Crippen LogP contribution in [-0.4, -0.2) is 31.9 Å². The third-order valence-electron chi connectivity index (χ3n) is 3.51. The molecule has 0 unspecified atom stereocenters. The summed E-state index contributed by atoms with van der Waals surface area (Å²) >= 11 is 0. The van der Waals surface area contributed by atoms with E-state index in [1.54, 1.807) is 20.3 Å². The van der Waals surface area contributed by atoms with Gasteiger partial charge in [0.1, 0.15) is 23.1 Å². The van der Waals surface area contributed by atoms with Crippen LogP contribution in [0.1, 0.15) is 19.3 Å². The Morgan fingerprint density at radius 3 is 2.20 bits per heavy atom. The van der Waals surface area contributed by atoms with Gasteiger partial charge in [-0.05, 0) is 12.8 Å². The van der Waals surface area contributed by atoms with Crippen molar-refractivity contribution in [1.29, 1.82) is 0 Å². The molecule has 0 bridgehead atoms. The lowest BCUT2D eigenvalue weighted by Crippen LogP contribution is -2.22. The minimum Gasteiger partial charge on any atom is -0.496 e. The van der Waals surface area contributed by atoms with Gasteiger partial charge in [-0.15, -0.1) is 0 Å². The standard InChI is InChI=1S/C14H20N2O4/c1-18-10-5-11(19-2)7-12(6-10)20-9-14(3-4-14)8-13(15)16-17/h5-7,17H,3-4,8-9H2,1-2H3,(H2,15,16).